The summed E-state index contributed by atoms with van der Waals surface area (Å²) < 4.78 is 19.3. The molecule has 4 rings (SSSR count). The van der Waals surface area contributed by atoms with Crippen LogP contribution in [0.15, 0.2) is 21.8 Å². The number of hydrogen-bond acceptors (Lipinski definition) is 13. The predicted molar refractivity (Wildman–Crippen MR) is 339 cm³/mol. The molecule has 7 atom stereocenters. The van der Waals surface area contributed by atoms with Gasteiger partial charge in [0.15, 0.2) is 0 Å². The van der Waals surface area contributed by atoms with Crippen LogP contribution < -0.4 is 10.6 Å². The van der Waals surface area contributed by atoms with Gasteiger partial charge in [-0.1, -0.05) is 138 Å². The Morgan fingerprint density at radius 1 is 0.690 bits per heavy atom. The molecule has 2 heterocycles. The van der Waals surface area contributed by atoms with E-state index >= 15 is 9.59 Å². The van der Waals surface area contributed by atoms with Crippen LogP contribution in [-0.4, -0.2) is 104 Å². The summed E-state index contributed by atoms with van der Waals surface area (Å²) >= 11 is 2.33. The molecule has 2 saturated carbocycles. The molecule has 7 unspecified atom stereocenters. The number of thioether (sulfide) groups is 2. The predicted octanol–water partition coefficient (Wildman–Crippen LogP) is 14.4. The fourth-order valence-electron chi connectivity index (χ4n) is 12.4. The molecule has 0 aromatic carbocycles. The highest BCUT2D eigenvalue weighted by Crippen LogP contribution is 2.52. The second-order valence-corrected chi connectivity index (χ2v) is 32.1. The Kier molecular flexibility index (Phi) is 25.6. The summed E-state index contributed by atoms with van der Waals surface area (Å²) in [6.45, 7) is 44.2. The van der Waals surface area contributed by atoms with Crippen LogP contribution in [0.5, 0.6) is 0 Å². The highest BCUT2D eigenvalue weighted by Gasteiger charge is 2.51. The number of aromatic amines is 1. The number of H-pyrrole nitrogens is 1. The largest absolute Gasteiger partial charge is 0.481 e. The number of aliphatic imine (C=N–C) groups is 1. The number of aromatic nitrogens is 1. The van der Waals surface area contributed by atoms with Gasteiger partial charge < -0.3 is 40.0 Å². The van der Waals surface area contributed by atoms with Crippen LogP contribution >= 0.6 is 23.5 Å². The van der Waals surface area contributed by atoms with Gasteiger partial charge in [0.1, 0.15) is 46.9 Å². The second-order valence-electron chi connectivity index (χ2n) is 29.4. The average molecular weight is 1210 g/mol. The number of hydrogen-bond donors (Lipinski definition) is 5. The molecule has 0 bridgehead atoms. The number of carbonyl (C=O) groups excluding carboxylic acids is 5. The lowest BCUT2D eigenvalue weighted by Gasteiger charge is -2.50. The van der Waals surface area contributed by atoms with E-state index in [-0.39, 0.29) is 105 Å². The fraction of sp³-hybridized carbons (Fsp3) is 0.758. The van der Waals surface area contributed by atoms with Crippen molar-refractivity contribution in [1.29, 1.82) is 0 Å². The van der Waals surface area contributed by atoms with Crippen LogP contribution in [-0.2, 0) is 43.0 Å². The van der Waals surface area contributed by atoms with Crippen molar-refractivity contribution < 1.29 is 58.0 Å². The summed E-state index contributed by atoms with van der Waals surface area (Å²) in [6.07, 6.45) is 5.27. The normalized spacial score (nSPS) is 24.1. The van der Waals surface area contributed by atoms with Crippen molar-refractivity contribution in [2.45, 2.75) is 232 Å². The molecular weight excluding hydrogens is 1100 g/mol. The number of aliphatic carboxylic acids is 2. The maximum Gasteiger partial charge on any atom is 0.342 e. The summed E-state index contributed by atoms with van der Waals surface area (Å²) in [5.41, 5.74) is 1.32. The quantitative estimate of drug-likeness (QED) is 0.0368. The molecule has 3 aliphatic rings. The molecule has 0 spiro atoms. The van der Waals surface area contributed by atoms with Gasteiger partial charge in [-0.3, -0.25) is 24.0 Å². The van der Waals surface area contributed by atoms with Crippen molar-refractivity contribution in [3.63, 3.8) is 0 Å². The van der Waals surface area contributed by atoms with Crippen molar-refractivity contribution in [1.82, 2.24) is 10.3 Å². The summed E-state index contributed by atoms with van der Waals surface area (Å²) in [4.78, 5) is 103. The molecule has 1 aliphatic heterocycles. The SMILES string of the molecule is CCC(C)C(=O)OCCSC(C)C(=O)NC1=NC(=Cc2[nH]c(NC(=O)CCCCSC(CC(=O)O)C(=O)O)c(C(=O)OC3C(C(C)(C)C)CC(C)CC3C(C)(C)C)c2C(C)C)C(C(C)C)=C1C(=O)OC1C(C(C)(C)C)CC(C)CC1C(C)(C)C. The molecule has 1 aromatic rings. The maximum atomic E-state index is 15.5. The molecule has 2 fully saturated rings. The third-order valence-electron chi connectivity index (χ3n) is 17.4. The molecule has 16 nitrogen and oxygen atoms in total. The van der Waals surface area contributed by atoms with E-state index in [0.717, 1.165) is 37.4 Å². The van der Waals surface area contributed by atoms with E-state index in [1.54, 1.807) is 13.0 Å². The van der Waals surface area contributed by atoms with E-state index < -0.39 is 64.8 Å². The molecule has 18 heteroatoms. The van der Waals surface area contributed by atoms with E-state index in [0.29, 0.717) is 65.1 Å². The molecule has 5 N–H and O–H groups in total. The van der Waals surface area contributed by atoms with Crippen LogP contribution in [0.4, 0.5) is 5.82 Å². The molecule has 2 aliphatic carbocycles. The zero-order chi connectivity index (χ0) is 63.7. The van der Waals surface area contributed by atoms with Crippen molar-refractivity contribution in [3.8, 4) is 0 Å². The Morgan fingerprint density at radius 3 is 1.63 bits per heavy atom. The van der Waals surface area contributed by atoms with Gasteiger partial charge in [0.2, 0.25) is 11.8 Å². The van der Waals surface area contributed by atoms with Crippen LogP contribution in [0.25, 0.3) is 6.08 Å². The third kappa shape index (κ3) is 19.5. The highest BCUT2D eigenvalue weighted by atomic mass is 32.2. The van der Waals surface area contributed by atoms with Crippen LogP contribution in [0.3, 0.4) is 0 Å². The first kappa shape index (κ1) is 71.9. The summed E-state index contributed by atoms with van der Waals surface area (Å²) in [5.74, 6) is -3.91. The number of nitrogens with zero attached hydrogens (tertiary/aromatic N) is 1. The lowest BCUT2D eigenvalue weighted by Crippen LogP contribution is -2.50. The number of allylic oxidation sites excluding steroid dienone is 1. The lowest BCUT2D eigenvalue weighted by atomic mass is 9.59. The Labute approximate surface area is 511 Å². The Hall–Kier alpha value is -4.58. The molecule has 84 heavy (non-hydrogen) atoms. The number of carboxylic acid groups (broad SMARTS) is 2. The van der Waals surface area contributed by atoms with Gasteiger partial charge in [-0.15, -0.1) is 23.5 Å². The number of carboxylic acids is 2. The number of anilines is 1. The number of rotatable bonds is 24. The number of carbonyl (C=O) groups is 7. The minimum Gasteiger partial charge on any atom is -0.481 e. The highest BCUT2D eigenvalue weighted by molar-refractivity contribution is 8.00. The third-order valence-corrected chi connectivity index (χ3v) is 19.8. The zero-order valence-electron chi connectivity index (χ0n) is 54.8. The van der Waals surface area contributed by atoms with E-state index in [4.69, 9.17) is 19.2 Å². The van der Waals surface area contributed by atoms with Gasteiger partial charge >= 0.3 is 29.8 Å². The van der Waals surface area contributed by atoms with E-state index in [9.17, 15) is 34.2 Å². The minimum absolute atomic E-state index is 0.0158. The number of ether oxygens (including phenoxy) is 3. The van der Waals surface area contributed by atoms with Crippen LogP contribution in [0.2, 0.25) is 0 Å². The van der Waals surface area contributed by atoms with Crippen molar-refractivity contribution in [3.05, 3.63) is 33.7 Å². The fourth-order valence-corrected chi connectivity index (χ4v) is 14.2. The van der Waals surface area contributed by atoms with Crippen molar-refractivity contribution in [2.75, 3.05) is 23.4 Å². The standard InChI is InChI=1S/C66H106N4O12S2/c1-22-39(8)60(77)80-26-28-83-40(9)58(74)70-57-53(62(79)82-55-43(65(16,17)18)31-38(7)32-44(55)66(19,20)21)51(36(4)5)46(68-57)33-45-50(35(2)3)52(56(67-45)69-48(71)25-23-24-27-84-47(59(75)76)34-49(72)73)61(78)81-54-41(63(10,11)12)29-37(6)30-42(54)64(13,14)15/h33,35-44,47,54-55,67H,22-32,34H2,1-21H3,(H,69,71)(H,72,73)(H,75,76)(H,68,70,74). The van der Waals surface area contributed by atoms with Gasteiger partial charge in [-0.25, -0.2) is 14.6 Å². The lowest BCUT2D eigenvalue weighted by molar-refractivity contribution is -0.164. The number of amidine groups is 1. The smallest absolute Gasteiger partial charge is 0.342 e. The Balaban J connectivity index is 1.95. The monoisotopic (exact) mass is 1210 g/mol. The number of esters is 3. The summed E-state index contributed by atoms with van der Waals surface area (Å²) in [6, 6.07) is 0. The van der Waals surface area contributed by atoms with Crippen molar-refractivity contribution in [2.24, 2.45) is 74.0 Å². The molecule has 0 saturated heterocycles. The number of unbranched alkanes of at least 4 members (excludes halogenated alkanes) is 1. The Bertz CT molecular complexity index is 2560. The molecular formula is C66H106N4O12S2. The first-order valence-electron chi connectivity index (χ1n) is 30.9. The number of nitrogens with one attached hydrogen (secondary N) is 3. The van der Waals surface area contributed by atoms with Gasteiger partial charge in [0, 0.05) is 41.5 Å². The molecule has 0 radical (unpaired) electrons. The first-order chi connectivity index (χ1) is 38.7. The van der Waals surface area contributed by atoms with Gasteiger partial charge in [-0.05, 0) is 120 Å². The first-order valence-corrected chi connectivity index (χ1v) is 33.0. The van der Waals surface area contributed by atoms with E-state index in [1.165, 1.54) is 11.8 Å². The second kappa shape index (κ2) is 29.9. The maximum absolute atomic E-state index is 15.5. The zero-order valence-corrected chi connectivity index (χ0v) is 56.4. The summed E-state index contributed by atoms with van der Waals surface area (Å²) in [7, 11) is 0. The van der Waals surface area contributed by atoms with E-state index in [2.05, 4.69) is 113 Å². The summed E-state index contributed by atoms with van der Waals surface area (Å²) in [5, 5.41) is 23.1. The topological polar surface area (TPSA) is 240 Å². The molecule has 1 aromatic heterocycles. The van der Waals surface area contributed by atoms with Gasteiger partial charge in [0.25, 0.3) is 0 Å². The van der Waals surface area contributed by atoms with Crippen LogP contribution in [0, 0.1) is 69.0 Å². The van der Waals surface area contributed by atoms with Gasteiger partial charge in [0.05, 0.1) is 23.3 Å². The Morgan fingerprint density at radius 2 is 1.19 bits per heavy atom. The van der Waals surface area contributed by atoms with Crippen molar-refractivity contribution >= 4 is 82.9 Å². The minimum atomic E-state index is -1.21. The molecule has 2 amide bonds. The average Bonchev–Trinajstić information content (AvgIpc) is 3.67. The van der Waals surface area contributed by atoms with Crippen LogP contribution in [0.1, 0.15) is 231 Å². The molecule has 474 valence electrons. The number of amides is 2. The van der Waals surface area contributed by atoms with Gasteiger partial charge in [-0.2, -0.15) is 0 Å². The van der Waals surface area contributed by atoms with E-state index in [1.807, 2.05) is 41.5 Å².